The number of aliphatic imine (C=N–C) groups is 2. The summed E-state index contributed by atoms with van der Waals surface area (Å²) in [6.07, 6.45) is 5.36. The van der Waals surface area contributed by atoms with E-state index in [1.165, 1.54) is 6.42 Å². The second-order valence-corrected chi connectivity index (χ2v) is 3.86. The topological polar surface area (TPSA) is 24.7 Å². The molecule has 2 aliphatic rings. The molecule has 0 spiro atoms. The first-order chi connectivity index (χ1) is 6.30. The summed E-state index contributed by atoms with van der Waals surface area (Å²) in [5.74, 6) is 0.606. The molecule has 13 heavy (non-hydrogen) atoms. The maximum atomic E-state index is 4.65. The second-order valence-electron chi connectivity index (χ2n) is 3.49. The average molecular weight is 208 g/mol. The van der Waals surface area contributed by atoms with E-state index in [0.717, 1.165) is 18.5 Å². The molecule has 0 radical (unpaired) electrons. The number of rotatable bonds is 2. The Morgan fingerprint density at radius 2 is 2.31 bits per heavy atom. The molecule has 66 valence electrons. The fraction of sp³-hybridized carbons (Fsp3) is 0.556. The summed E-state index contributed by atoms with van der Waals surface area (Å²) in [7, 11) is 0. The van der Waals surface area contributed by atoms with E-state index in [1.54, 1.807) is 0 Å². The Labute approximate surface area is 87.5 Å². The Balaban J connectivity index is 2.42. The number of hydrogen-bond donors (Lipinski definition) is 0. The predicted octanol–water partition coefficient (Wildman–Crippen LogP) is 2.63. The minimum atomic E-state index is -0.196. The molecule has 2 atom stereocenters. The van der Waals surface area contributed by atoms with Crippen LogP contribution in [0.1, 0.15) is 19.3 Å². The van der Waals surface area contributed by atoms with Gasteiger partial charge in [0.2, 0.25) is 0 Å². The normalized spacial score (nSPS) is 34.8. The van der Waals surface area contributed by atoms with Crippen LogP contribution >= 0.6 is 24.4 Å². The lowest BCUT2D eigenvalue weighted by molar-refractivity contribution is 0.531. The molecule has 0 N–H and O–H groups in total. The SMILES string of the molecule is S=C=NC1=CC2CCC1(N=C=S)C2. The first-order valence-electron chi connectivity index (χ1n) is 4.20. The molecular formula is C9H8N2S2. The third-order valence-electron chi connectivity index (χ3n) is 2.82. The Hall–Kier alpha value is -0.660. The summed E-state index contributed by atoms with van der Waals surface area (Å²) < 4.78 is 0. The third kappa shape index (κ3) is 1.32. The predicted molar refractivity (Wildman–Crippen MR) is 58.2 cm³/mol. The number of thiocarbonyl (C=S) groups is 2. The molecule has 0 heterocycles. The van der Waals surface area contributed by atoms with Crippen molar-refractivity contribution in [1.82, 2.24) is 0 Å². The van der Waals surface area contributed by atoms with Crippen molar-refractivity contribution in [3.05, 3.63) is 11.8 Å². The summed E-state index contributed by atoms with van der Waals surface area (Å²) in [4.78, 5) is 8.27. The van der Waals surface area contributed by atoms with Crippen molar-refractivity contribution in [2.24, 2.45) is 15.9 Å². The number of fused-ring (bicyclic) bond motifs is 2. The third-order valence-corrected chi connectivity index (χ3v) is 3.01. The zero-order valence-electron chi connectivity index (χ0n) is 6.99. The lowest BCUT2D eigenvalue weighted by Crippen LogP contribution is -2.21. The van der Waals surface area contributed by atoms with Gasteiger partial charge in [0.1, 0.15) is 5.54 Å². The highest BCUT2D eigenvalue weighted by atomic mass is 32.1. The molecule has 2 bridgehead atoms. The van der Waals surface area contributed by atoms with Crippen LogP contribution in [0.2, 0.25) is 0 Å². The Kier molecular flexibility index (Phi) is 2.22. The fourth-order valence-electron chi connectivity index (χ4n) is 2.25. The fourth-order valence-corrected chi connectivity index (χ4v) is 2.53. The Morgan fingerprint density at radius 3 is 2.92 bits per heavy atom. The molecule has 0 aromatic carbocycles. The molecule has 0 amide bonds. The van der Waals surface area contributed by atoms with Gasteiger partial charge in [-0.25, -0.2) is 4.99 Å². The Morgan fingerprint density at radius 1 is 1.46 bits per heavy atom. The van der Waals surface area contributed by atoms with Crippen LogP contribution in [0.3, 0.4) is 0 Å². The highest BCUT2D eigenvalue weighted by molar-refractivity contribution is 7.78. The summed E-state index contributed by atoms with van der Waals surface area (Å²) in [6.45, 7) is 0. The summed E-state index contributed by atoms with van der Waals surface area (Å²) in [6, 6.07) is 0. The van der Waals surface area contributed by atoms with Gasteiger partial charge in [-0.1, -0.05) is 6.08 Å². The standard InChI is InChI=1S/C9H8N2S2/c12-5-10-8-3-7-1-2-9(8,4-7)11-6-13/h3,7H,1-2,4H2. The zero-order valence-corrected chi connectivity index (χ0v) is 8.62. The zero-order chi connectivity index (χ0) is 9.31. The number of allylic oxidation sites excluding steroid dienone is 1. The molecule has 1 saturated carbocycles. The highest BCUT2D eigenvalue weighted by Gasteiger charge is 2.47. The van der Waals surface area contributed by atoms with Gasteiger partial charge < -0.3 is 0 Å². The van der Waals surface area contributed by atoms with Crippen molar-refractivity contribution in [2.75, 3.05) is 0 Å². The van der Waals surface area contributed by atoms with E-state index in [0.29, 0.717) is 5.92 Å². The molecule has 0 aromatic heterocycles. The molecular weight excluding hydrogens is 200 g/mol. The van der Waals surface area contributed by atoms with E-state index in [4.69, 9.17) is 0 Å². The lowest BCUT2D eigenvalue weighted by Gasteiger charge is -2.19. The summed E-state index contributed by atoms with van der Waals surface area (Å²) >= 11 is 9.24. The molecule has 2 nitrogen and oxygen atoms in total. The van der Waals surface area contributed by atoms with Crippen LogP contribution < -0.4 is 0 Å². The van der Waals surface area contributed by atoms with Gasteiger partial charge in [0.15, 0.2) is 0 Å². The van der Waals surface area contributed by atoms with Crippen molar-refractivity contribution in [3.8, 4) is 0 Å². The van der Waals surface area contributed by atoms with Gasteiger partial charge >= 0.3 is 0 Å². The van der Waals surface area contributed by atoms with Gasteiger partial charge in [-0.2, -0.15) is 4.99 Å². The quantitative estimate of drug-likeness (QED) is 0.515. The molecule has 1 fully saturated rings. The van der Waals surface area contributed by atoms with Gasteiger partial charge in [0.25, 0.3) is 0 Å². The molecule has 4 heteroatoms. The molecule has 0 aromatic rings. The average Bonchev–Trinajstić information content (AvgIpc) is 2.63. The van der Waals surface area contributed by atoms with Crippen molar-refractivity contribution in [3.63, 3.8) is 0 Å². The molecule has 2 rings (SSSR count). The minimum Gasteiger partial charge on any atom is -0.219 e. The van der Waals surface area contributed by atoms with E-state index in [9.17, 15) is 0 Å². The van der Waals surface area contributed by atoms with Gasteiger partial charge in [0, 0.05) is 0 Å². The second kappa shape index (κ2) is 3.24. The van der Waals surface area contributed by atoms with Crippen molar-refractivity contribution in [1.29, 1.82) is 0 Å². The summed E-state index contributed by atoms with van der Waals surface area (Å²) in [5, 5.41) is 4.86. The van der Waals surface area contributed by atoms with Crippen LogP contribution in [0.5, 0.6) is 0 Å². The van der Waals surface area contributed by atoms with Crippen molar-refractivity contribution < 1.29 is 0 Å². The highest BCUT2D eigenvalue weighted by Crippen LogP contribution is 2.49. The van der Waals surface area contributed by atoms with Crippen LogP contribution in [0.15, 0.2) is 21.8 Å². The van der Waals surface area contributed by atoms with E-state index in [1.807, 2.05) is 0 Å². The molecule has 0 aliphatic heterocycles. The molecule has 0 saturated heterocycles. The monoisotopic (exact) mass is 208 g/mol. The van der Waals surface area contributed by atoms with Gasteiger partial charge in [0.05, 0.1) is 16.0 Å². The van der Waals surface area contributed by atoms with Crippen LogP contribution in [0.4, 0.5) is 0 Å². The van der Waals surface area contributed by atoms with E-state index in [2.05, 4.69) is 50.8 Å². The van der Waals surface area contributed by atoms with E-state index < -0.39 is 0 Å². The lowest BCUT2D eigenvalue weighted by atomic mass is 9.96. The largest absolute Gasteiger partial charge is 0.219 e. The van der Waals surface area contributed by atoms with Gasteiger partial charge in [-0.05, 0) is 49.6 Å². The number of nitrogens with zero attached hydrogens (tertiary/aromatic N) is 2. The van der Waals surface area contributed by atoms with Gasteiger partial charge in [-0.15, -0.1) is 0 Å². The van der Waals surface area contributed by atoms with Crippen LogP contribution in [0, 0.1) is 5.92 Å². The van der Waals surface area contributed by atoms with Crippen LogP contribution in [-0.4, -0.2) is 15.9 Å². The van der Waals surface area contributed by atoms with Crippen LogP contribution in [0.25, 0.3) is 0 Å². The van der Waals surface area contributed by atoms with E-state index >= 15 is 0 Å². The first-order valence-corrected chi connectivity index (χ1v) is 5.01. The minimum absolute atomic E-state index is 0.196. The molecule has 2 unspecified atom stereocenters. The number of hydrogen-bond acceptors (Lipinski definition) is 4. The van der Waals surface area contributed by atoms with Crippen molar-refractivity contribution >= 4 is 34.8 Å². The summed E-state index contributed by atoms with van der Waals surface area (Å²) in [5.41, 5.74) is 0.745. The van der Waals surface area contributed by atoms with Crippen LogP contribution in [-0.2, 0) is 0 Å². The maximum absolute atomic E-state index is 4.65. The van der Waals surface area contributed by atoms with Gasteiger partial charge in [-0.3, -0.25) is 0 Å². The molecule has 2 aliphatic carbocycles. The maximum Gasteiger partial charge on any atom is 0.114 e. The van der Waals surface area contributed by atoms with E-state index in [-0.39, 0.29) is 5.54 Å². The first kappa shape index (κ1) is 8.92. The Bertz CT molecular complexity index is 362. The number of isothiocyanates is 2. The smallest absolute Gasteiger partial charge is 0.114 e. The van der Waals surface area contributed by atoms with Crippen molar-refractivity contribution in [2.45, 2.75) is 24.8 Å².